The van der Waals surface area contributed by atoms with Crippen LogP contribution in [0, 0.1) is 0 Å². The Morgan fingerprint density at radius 2 is 2.21 bits per heavy atom. The van der Waals surface area contributed by atoms with Crippen LogP contribution in [0.15, 0.2) is 4.79 Å². The van der Waals surface area contributed by atoms with E-state index >= 15 is 0 Å². The Kier molecular flexibility index (Phi) is 4.35. The summed E-state index contributed by atoms with van der Waals surface area (Å²) in [6, 6.07) is 0. The summed E-state index contributed by atoms with van der Waals surface area (Å²) in [6.45, 7) is 6.44. The smallest absolute Gasteiger partial charge is 0.263 e. The lowest BCUT2D eigenvalue weighted by molar-refractivity contribution is -0.120. The van der Waals surface area contributed by atoms with E-state index in [4.69, 9.17) is 4.74 Å². The number of carbonyl (C=O) groups is 1. The summed E-state index contributed by atoms with van der Waals surface area (Å²) in [7, 11) is 1.65. The second kappa shape index (κ2) is 6.18. The molecule has 1 aliphatic rings. The first-order valence-corrected chi connectivity index (χ1v) is 8.90. The SMILES string of the molecule is CCC(=O)NNc1nc2sc3c(c2c(=O)n1C)C[C@](C)(CC)OC3. The van der Waals surface area contributed by atoms with Gasteiger partial charge in [-0.3, -0.25) is 25.0 Å². The zero-order valence-electron chi connectivity index (χ0n) is 14.4. The predicted octanol–water partition coefficient (Wildman–Crippen LogP) is 2.09. The number of fused-ring (bicyclic) bond motifs is 3. The van der Waals surface area contributed by atoms with Crippen molar-refractivity contribution in [2.45, 2.75) is 52.2 Å². The number of rotatable bonds is 4. The largest absolute Gasteiger partial charge is 0.369 e. The maximum absolute atomic E-state index is 12.8. The molecule has 0 saturated heterocycles. The molecule has 1 aliphatic heterocycles. The maximum Gasteiger partial charge on any atom is 0.263 e. The number of hydrogen-bond acceptors (Lipinski definition) is 6. The minimum Gasteiger partial charge on any atom is -0.369 e. The number of amides is 1. The van der Waals surface area contributed by atoms with Crippen molar-refractivity contribution in [1.82, 2.24) is 15.0 Å². The fourth-order valence-corrected chi connectivity index (χ4v) is 3.85. The number of aromatic nitrogens is 2. The van der Waals surface area contributed by atoms with Crippen LogP contribution in [0.2, 0.25) is 0 Å². The van der Waals surface area contributed by atoms with Crippen molar-refractivity contribution in [3.8, 4) is 0 Å². The number of anilines is 1. The molecule has 3 rings (SSSR count). The number of nitrogens with one attached hydrogen (secondary N) is 2. The van der Waals surface area contributed by atoms with E-state index in [1.165, 1.54) is 15.9 Å². The molecule has 0 saturated carbocycles. The molecule has 3 heterocycles. The van der Waals surface area contributed by atoms with Gasteiger partial charge in [-0.2, -0.15) is 0 Å². The first kappa shape index (κ1) is 16.9. The van der Waals surface area contributed by atoms with Crippen molar-refractivity contribution in [1.29, 1.82) is 0 Å². The lowest BCUT2D eigenvalue weighted by Gasteiger charge is -2.32. The van der Waals surface area contributed by atoms with Gasteiger partial charge in [-0.25, -0.2) is 4.98 Å². The standard InChI is InChI=1S/C16H22N4O3S/c1-5-11(21)18-19-15-17-13-12(14(22)20(15)4)9-7-16(3,6-2)23-8-10(9)24-13/h5-8H2,1-4H3,(H,17,19)(H,18,21)/t16-/m0/s1. The van der Waals surface area contributed by atoms with Crippen LogP contribution in [-0.4, -0.2) is 21.1 Å². The van der Waals surface area contributed by atoms with Crippen molar-refractivity contribution in [3.05, 3.63) is 20.8 Å². The van der Waals surface area contributed by atoms with Gasteiger partial charge in [0.05, 0.1) is 17.6 Å². The molecular formula is C16H22N4O3S. The Hall–Kier alpha value is -1.93. The highest BCUT2D eigenvalue weighted by Gasteiger charge is 2.33. The highest BCUT2D eigenvalue weighted by Crippen LogP contribution is 2.38. The summed E-state index contributed by atoms with van der Waals surface area (Å²) in [5.74, 6) is 0.161. The monoisotopic (exact) mass is 350 g/mol. The Labute approximate surface area is 144 Å². The van der Waals surface area contributed by atoms with Crippen LogP contribution in [0.5, 0.6) is 0 Å². The van der Waals surface area contributed by atoms with E-state index in [0.29, 0.717) is 29.2 Å². The molecule has 7 nitrogen and oxygen atoms in total. The zero-order chi connectivity index (χ0) is 17.5. The molecule has 0 unspecified atom stereocenters. The van der Waals surface area contributed by atoms with E-state index < -0.39 is 0 Å². The highest BCUT2D eigenvalue weighted by molar-refractivity contribution is 7.18. The van der Waals surface area contributed by atoms with Gasteiger partial charge in [-0.05, 0) is 18.9 Å². The number of ether oxygens (including phenoxy) is 1. The van der Waals surface area contributed by atoms with Gasteiger partial charge in [-0.15, -0.1) is 11.3 Å². The second-order valence-corrected chi connectivity index (χ2v) is 7.36. The van der Waals surface area contributed by atoms with E-state index in [2.05, 4.69) is 29.7 Å². The first-order chi connectivity index (χ1) is 11.4. The van der Waals surface area contributed by atoms with Crippen molar-refractivity contribution < 1.29 is 9.53 Å². The van der Waals surface area contributed by atoms with Crippen molar-refractivity contribution in [2.24, 2.45) is 7.05 Å². The van der Waals surface area contributed by atoms with Gasteiger partial charge in [0.25, 0.3) is 5.56 Å². The van der Waals surface area contributed by atoms with Crippen molar-refractivity contribution in [2.75, 3.05) is 5.43 Å². The Morgan fingerprint density at radius 3 is 2.88 bits per heavy atom. The lowest BCUT2D eigenvalue weighted by atomic mass is 9.90. The average molecular weight is 350 g/mol. The molecule has 8 heteroatoms. The number of thiophene rings is 1. The normalized spacial score (nSPS) is 20.0. The van der Waals surface area contributed by atoms with Crippen LogP contribution in [0.3, 0.4) is 0 Å². The van der Waals surface area contributed by atoms with Gasteiger partial charge in [-0.1, -0.05) is 13.8 Å². The summed E-state index contributed by atoms with van der Waals surface area (Å²) in [5, 5.41) is 0.674. The molecule has 0 spiro atoms. The molecule has 1 amide bonds. The summed E-state index contributed by atoms with van der Waals surface area (Å²) in [5.41, 5.74) is 5.98. The number of carbonyl (C=O) groups excluding carboxylic acids is 1. The number of nitrogens with zero attached hydrogens (tertiary/aromatic N) is 2. The Bertz CT molecular complexity index is 857. The minimum absolute atomic E-state index is 0.105. The molecule has 0 aliphatic carbocycles. The van der Waals surface area contributed by atoms with E-state index in [1.807, 2.05) is 0 Å². The molecule has 130 valence electrons. The number of hydrazine groups is 1. The molecule has 2 aromatic heterocycles. The van der Waals surface area contributed by atoms with Crippen LogP contribution in [0.4, 0.5) is 5.95 Å². The van der Waals surface area contributed by atoms with E-state index in [-0.39, 0.29) is 17.1 Å². The van der Waals surface area contributed by atoms with Crippen LogP contribution in [0.25, 0.3) is 10.2 Å². The summed E-state index contributed by atoms with van der Waals surface area (Å²) < 4.78 is 7.40. The van der Waals surface area contributed by atoms with Crippen LogP contribution < -0.4 is 16.4 Å². The van der Waals surface area contributed by atoms with Gasteiger partial charge in [0.15, 0.2) is 0 Å². The molecule has 0 fully saturated rings. The average Bonchev–Trinajstić information content (AvgIpc) is 2.93. The van der Waals surface area contributed by atoms with Gasteiger partial charge in [0.2, 0.25) is 11.9 Å². The molecule has 1 atom stereocenters. The van der Waals surface area contributed by atoms with Crippen LogP contribution in [-0.2, 0) is 29.6 Å². The third kappa shape index (κ3) is 2.80. The molecule has 2 N–H and O–H groups in total. The van der Waals surface area contributed by atoms with E-state index in [1.54, 1.807) is 14.0 Å². The third-order valence-electron chi connectivity index (χ3n) is 4.60. The van der Waals surface area contributed by atoms with E-state index in [9.17, 15) is 9.59 Å². The van der Waals surface area contributed by atoms with Gasteiger partial charge in [0, 0.05) is 24.8 Å². The van der Waals surface area contributed by atoms with Crippen molar-refractivity contribution >= 4 is 33.4 Å². The van der Waals surface area contributed by atoms with E-state index in [0.717, 1.165) is 23.3 Å². The molecular weight excluding hydrogens is 328 g/mol. The first-order valence-electron chi connectivity index (χ1n) is 8.08. The molecule has 2 aromatic rings. The summed E-state index contributed by atoms with van der Waals surface area (Å²) >= 11 is 1.49. The highest BCUT2D eigenvalue weighted by atomic mass is 32.1. The van der Waals surface area contributed by atoms with Gasteiger partial charge in [0.1, 0.15) is 4.83 Å². The molecule has 0 radical (unpaired) electrons. The topological polar surface area (TPSA) is 85.3 Å². The molecule has 24 heavy (non-hydrogen) atoms. The summed E-state index contributed by atoms with van der Waals surface area (Å²) in [4.78, 5) is 30.5. The van der Waals surface area contributed by atoms with Crippen LogP contribution >= 0.6 is 11.3 Å². The number of hydrogen-bond donors (Lipinski definition) is 2. The second-order valence-electron chi connectivity index (χ2n) is 6.28. The fraction of sp³-hybridized carbons (Fsp3) is 0.562. The minimum atomic E-state index is -0.238. The molecule has 0 bridgehead atoms. The van der Waals surface area contributed by atoms with Crippen molar-refractivity contribution in [3.63, 3.8) is 0 Å². The Morgan fingerprint density at radius 1 is 1.46 bits per heavy atom. The molecule has 0 aromatic carbocycles. The zero-order valence-corrected chi connectivity index (χ0v) is 15.2. The Balaban J connectivity index is 2.06. The fourth-order valence-electron chi connectivity index (χ4n) is 2.75. The quantitative estimate of drug-likeness (QED) is 0.825. The summed E-state index contributed by atoms with van der Waals surface area (Å²) in [6.07, 6.45) is 1.96. The predicted molar refractivity (Wildman–Crippen MR) is 94.1 cm³/mol. The third-order valence-corrected chi connectivity index (χ3v) is 5.70. The maximum atomic E-state index is 12.8. The van der Waals surface area contributed by atoms with Gasteiger partial charge >= 0.3 is 0 Å². The van der Waals surface area contributed by atoms with Crippen LogP contribution in [0.1, 0.15) is 44.1 Å². The van der Waals surface area contributed by atoms with Gasteiger partial charge < -0.3 is 4.74 Å². The lowest BCUT2D eigenvalue weighted by Crippen LogP contribution is -2.35.